The molecule has 0 aliphatic carbocycles. The van der Waals surface area contributed by atoms with Gasteiger partial charge in [-0.1, -0.05) is 18.2 Å². The molecule has 0 aromatic heterocycles. The van der Waals surface area contributed by atoms with Crippen LogP contribution in [0.5, 0.6) is 11.5 Å². The van der Waals surface area contributed by atoms with Gasteiger partial charge in [0.1, 0.15) is 18.1 Å². The highest BCUT2D eigenvalue weighted by atomic mass is 19.3. The average Bonchev–Trinajstić information content (AvgIpc) is 2.93. The van der Waals surface area contributed by atoms with E-state index in [1.807, 2.05) is 0 Å². The third kappa shape index (κ3) is 3.89. The van der Waals surface area contributed by atoms with Crippen LogP contribution in [0.15, 0.2) is 47.5 Å². The zero-order valence-corrected chi connectivity index (χ0v) is 16.1. The first kappa shape index (κ1) is 21.4. The number of likely N-dealkylation sites (N-methyl/N-ethyl adjacent to an activating group) is 1. The number of halogens is 4. The fourth-order valence-corrected chi connectivity index (χ4v) is 3.26. The van der Waals surface area contributed by atoms with Crippen LogP contribution in [0.2, 0.25) is 0 Å². The second-order valence-corrected chi connectivity index (χ2v) is 6.63. The van der Waals surface area contributed by atoms with Crippen molar-refractivity contribution < 1.29 is 31.8 Å². The zero-order valence-electron chi connectivity index (χ0n) is 16.1. The predicted octanol–water partition coefficient (Wildman–Crippen LogP) is 3.27. The Bertz CT molecular complexity index is 984. The molecule has 0 radical (unpaired) electrons. The first-order chi connectivity index (χ1) is 14.1. The van der Waals surface area contributed by atoms with Crippen LogP contribution < -0.4 is 15.2 Å². The number of nitrogens with two attached hydrogens (primary N) is 1. The van der Waals surface area contributed by atoms with Gasteiger partial charge in [-0.05, 0) is 47.9 Å². The van der Waals surface area contributed by atoms with Crippen LogP contribution in [0.1, 0.15) is 16.7 Å². The van der Waals surface area contributed by atoms with Crippen molar-refractivity contribution in [3.8, 4) is 11.5 Å². The van der Waals surface area contributed by atoms with Gasteiger partial charge in [-0.15, -0.1) is 0 Å². The number of hydrogen-bond acceptors (Lipinski definition) is 5. The van der Waals surface area contributed by atoms with Crippen molar-refractivity contribution in [2.45, 2.75) is 25.5 Å². The number of carbonyl (C=O) groups is 1. The summed E-state index contributed by atoms with van der Waals surface area (Å²) >= 11 is 0. The molecule has 1 heterocycles. The number of amides is 1. The van der Waals surface area contributed by atoms with E-state index in [0.29, 0.717) is 16.7 Å². The Labute approximate surface area is 169 Å². The second kappa shape index (κ2) is 8.21. The smallest absolute Gasteiger partial charge is 0.387 e. The quantitative estimate of drug-likeness (QED) is 0.691. The minimum absolute atomic E-state index is 0.0475. The Morgan fingerprint density at radius 2 is 1.83 bits per heavy atom. The Kier molecular flexibility index (Phi) is 5.86. The summed E-state index contributed by atoms with van der Waals surface area (Å²) in [4.78, 5) is 18.7. The van der Waals surface area contributed by atoms with Gasteiger partial charge >= 0.3 is 6.61 Å². The van der Waals surface area contributed by atoms with Gasteiger partial charge in [0.25, 0.3) is 12.3 Å². The van der Waals surface area contributed by atoms with E-state index in [0.717, 1.165) is 4.90 Å². The molecule has 0 saturated carbocycles. The number of hydrogen-bond donors (Lipinski definition) is 1. The lowest BCUT2D eigenvalue weighted by molar-refractivity contribution is -0.129. The monoisotopic (exact) mass is 425 g/mol. The lowest BCUT2D eigenvalue weighted by atomic mass is 9.82. The predicted molar refractivity (Wildman–Crippen MR) is 101 cm³/mol. The lowest BCUT2D eigenvalue weighted by Gasteiger charge is -2.27. The van der Waals surface area contributed by atoms with Crippen LogP contribution in [0.3, 0.4) is 0 Å². The molecule has 0 fully saturated rings. The molecule has 3 rings (SSSR count). The number of aryl methyl sites for hydroxylation is 1. The number of carbonyl (C=O) groups excluding carboxylic acids is 1. The van der Waals surface area contributed by atoms with Crippen LogP contribution in [-0.2, 0) is 10.3 Å². The summed E-state index contributed by atoms with van der Waals surface area (Å²) in [5.41, 5.74) is 5.30. The van der Waals surface area contributed by atoms with Crippen LogP contribution >= 0.6 is 0 Å². The third-order valence-corrected chi connectivity index (χ3v) is 4.68. The highest BCUT2D eigenvalue weighted by molar-refractivity contribution is 6.09. The molecule has 1 amide bonds. The van der Waals surface area contributed by atoms with Crippen molar-refractivity contribution in [1.82, 2.24) is 4.90 Å². The van der Waals surface area contributed by atoms with E-state index in [-0.39, 0.29) is 17.5 Å². The van der Waals surface area contributed by atoms with Gasteiger partial charge in [-0.25, -0.2) is 13.8 Å². The van der Waals surface area contributed by atoms with E-state index in [1.54, 1.807) is 13.0 Å². The standard InChI is InChI=1S/C20H19F4N3O3/c1-11-8-13(6-7-15(11)30-18(23)24)20(17(28)27(2)19(25)26-20)12-4-3-5-14(9-12)29-10-16(21)22/h3-9,16,18H,10H2,1-2H3,(H2,25,26). The maximum absolute atomic E-state index is 13.2. The zero-order chi connectivity index (χ0) is 22.1. The fraction of sp³-hybridized carbons (Fsp3) is 0.300. The number of alkyl halides is 4. The lowest BCUT2D eigenvalue weighted by Crippen LogP contribution is -2.41. The Hall–Kier alpha value is -3.30. The molecule has 6 nitrogen and oxygen atoms in total. The maximum atomic E-state index is 13.2. The van der Waals surface area contributed by atoms with Crippen LogP contribution in [0, 0.1) is 6.92 Å². The number of rotatable bonds is 7. The van der Waals surface area contributed by atoms with Gasteiger partial charge in [-0.3, -0.25) is 9.69 Å². The van der Waals surface area contributed by atoms with E-state index in [9.17, 15) is 22.4 Å². The van der Waals surface area contributed by atoms with E-state index in [1.165, 1.54) is 43.4 Å². The summed E-state index contributed by atoms with van der Waals surface area (Å²) in [5.74, 6) is -0.469. The SMILES string of the molecule is Cc1cc(C2(c3cccc(OCC(F)F)c3)N=C(N)N(C)C2=O)ccc1OC(F)F. The van der Waals surface area contributed by atoms with Crippen molar-refractivity contribution in [3.05, 3.63) is 59.2 Å². The summed E-state index contributed by atoms with van der Waals surface area (Å²) in [6.45, 7) is -2.26. The molecular formula is C20H19F4N3O3. The summed E-state index contributed by atoms with van der Waals surface area (Å²) in [6.07, 6.45) is -2.67. The average molecular weight is 425 g/mol. The minimum Gasteiger partial charge on any atom is -0.488 e. The highest BCUT2D eigenvalue weighted by Crippen LogP contribution is 2.41. The molecule has 0 spiro atoms. The Morgan fingerprint density at radius 3 is 2.40 bits per heavy atom. The van der Waals surface area contributed by atoms with Gasteiger partial charge in [0.05, 0.1) is 0 Å². The topological polar surface area (TPSA) is 77.2 Å². The number of benzene rings is 2. The second-order valence-electron chi connectivity index (χ2n) is 6.63. The highest BCUT2D eigenvalue weighted by Gasteiger charge is 2.49. The Balaban J connectivity index is 2.12. The first-order valence-electron chi connectivity index (χ1n) is 8.86. The summed E-state index contributed by atoms with van der Waals surface area (Å²) in [6, 6.07) is 10.3. The van der Waals surface area contributed by atoms with Gasteiger partial charge in [-0.2, -0.15) is 8.78 Å². The number of guanidine groups is 1. The maximum Gasteiger partial charge on any atom is 0.387 e. The molecule has 2 aromatic rings. The molecule has 30 heavy (non-hydrogen) atoms. The van der Waals surface area contributed by atoms with Crippen LogP contribution in [0.4, 0.5) is 17.6 Å². The van der Waals surface area contributed by atoms with Gasteiger partial charge in [0, 0.05) is 7.05 Å². The molecule has 160 valence electrons. The molecule has 1 aliphatic rings. The number of aliphatic imine (C=N–C) groups is 1. The molecule has 2 aromatic carbocycles. The molecule has 2 N–H and O–H groups in total. The van der Waals surface area contributed by atoms with E-state index < -0.39 is 31.1 Å². The van der Waals surface area contributed by atoms with Crippen molar-refractivity contribution in [1.29, 1.82) is 0 Å². The molecule has 1 unspecified atom stereocenters. The summed E-state index contributed by atoms with van der Waals surface area (Å²) in [5, 5.41) is 0. The van der Waals surface area contributed by atoms with Crippen LogP contribution in [-0.4, -0.2) is 43.5 Å². The molecule has 0 bridgehead atoms. The van der Waals surface area contributed by atoms with E-state index in [2.05, 4.69) is 9.73 Å². The first-order valence-corrected chi connectivity index (χ1v) is 8.86. The normalized spacial score (nSPS) is 18.9. The van der Waals surface area contributed by atoms with Gasteiger partial charge in [0.15, 0.2) is 11.5 Å². The Morgan fingerprint density at radius 1 is 1.13 bits per heavy atom. The number of nitrogens with zero attached hydrogens (tertiary/aromatic N) is 2. The van der Waals surface area contributed by atoms with Gasteiger partial charge < -0.3 is 15.2 Å². The molecule has 1 aliphatic heterocycles. The molecule has 10 heteroatoms. The minimum atomic E-state index is -3.00. The van der Waals surface area contributed by atoms with Crippen molar-refractivity contribution in [2.24, 2.45) is 10.7 Å². The van der Waals surface area contributed by atoms with E-state index >= 15 is 0 Å². The third-order valence-electron chi connectivity index (χ3n) is 4.68. The van der Waals surface area contributed by atoms with Gasteiger partial charge in [0.2, 0.25) is 0 Å². The van der Waals surface area contributed by atoms with Crippen molar-refractivity contribution in [3.63, 3.8) is 0 Å². The largest absolute Gasteiger partial charge is 0.488 e. The van der Waals surface area contributed by atoms with Crippen molar-refractivity contribution in [2.75, 3.05) is 13.7 Å². The fourth-order valence-electron chi connectivity index (χ4n) is 3.26. The van der Waals surface area contributed by atoms with Crippen LogP contribution in [0.25, 0.3) is 0 Å². The molecule has 0 saturated heterocycles. The molecular weight excluding hydrogens is 406 g/mol. The molecule has 1 atom stereocenters. The summed E-state index contributed by atoms with van der Waals surface area (Å²) < 4.78 is 59.7. The summed E-state index contributed by atoms with van der Waals surface area (Å²) in [7, 11) is 1.45. The van der Waals surface area contributed by atoms with E-state index in [4.69, 9.17) is 10.5 Å². The van der Waals surface area contributed by atoms with Crippen molar-refractivity contribution >= 4 is 11.9 Å². The number of ether oxygens (including phenoxy) is 2.